The first kappa shape index (κ1) is 17.5. The number of phenolic OH excluding ortho intramolecular Hbond substituents is 1. The molecule has 1 heterocycles. The fourth-order valence-electron chi connectivity index (χ4n) is 2.09. The Balaban J connectivity index is 1.60. The zero-order valence-electron chi connectivity index (χ0n) is 13.2. The van der Waals surface area contributed by atoms with Gasteiger partial charge in [-0.15, -0.1) is 0 Å². The largest absolute Gasteiger partial charge is 0.507 e. The van der Waals surface area contributed by atoms with E-state index in [0.717, 1.165) is 15.5 Å². The van der Waals surface area contributed by atoms with Crippen molar-refractivity contribution in [1.82, 2.24) is 15.4 Å². The van der Waals surface area contributed by atoms with Crippen molar-refractivity contribution in [3.05, 3.63) is 52.5 Å². The van der Waals surface area contributed by atoms with E-state index in [9.17, 15) is 9.90 Å². The SMILES string of the molecule is C[C@H](Sc1nc2ccccc2[nH]1)C(=O)N/N=C/c1cc(Br)ccc1O. The lowest BCUT2D eigenvalue weighted by Gasteiger charge is -2.07. The van der Waals surface area contributed by atoms with E-state index >= 15 is 0 Å². The molecule has 0 radical (unpaired) electrons. The maximum atomic E-state index is 12.1. The molecular formula is C17H15BrN4O2S. The molecule has 8 heteroatoms. The standard InChI is InChI=1S/C17H15BrN4O2S/c1-10(25-17-20-13-4-2-3-5-14(13)21-17)16(24)22-19-9-11-8-12(18)6-7-15(11)23/h2-10,23H,1H3,(H,20,21)(H,22,24)/b19-9+/t10-/m0/s1. The van der Waals surface area contributed by atoms with Gasteiger partial charge in [0, 0.05) is 10.0 Å². The average molecular weight is 419 g/mol. The van der Waals surface area contributed by atoms with Crippen molar-refractivity contribution in [2.24, 2.45) is 5.10 Å². The van der Waals surface area contributed by atoms with Crippen LogP contribution in [0.3, 0.4) is 0 Å². The molecule has 3 aromatic rings. The van der Waals surface area contributed by atoms with E-state index < -0.39 is 0 Å². The number of aromatic amines is 1. The molecule has 0 fully saturated rings. The van der Waals surface area contributed by atoms with E-state index in [1.165, 1.54) is 18.0 Å². The molecule has 0 aliphatic heterocycles. The molecule has 3 rings (SSSR count). The number of thioether (sulfide) groups is 1. The Labute approximate surface area is 156 Å². The van der Waals surface area contributed by atoms with Gasteiger partial charge >= 0.3 is 0 Å². The average Bonchev–Trinajstić information content (AvgIpc) is 3.00. The highest BCUT2D eigenvalue weighted by atomic mass is 79.9. The van der Waals surface area contributed by atoms with Crippen LogP contribution < -0.4 is 5.43 Å². The van der Waals surface area contributed by atoms with Gasteiger partial charge in [0.05, 0.1) is 22.5 Å². The number of imidazole rings is 1. The second-order valence-electron chi connectivity index (χ2n) is 5.26. The topological polar surface area (TPSA) is 90.4 Å². The van der Waals surface area contributed by atoms with Crippen LogP contribution in [0.5, 0.6) is 5.75 Å². The molecule has 0 aliphatic carbocycles. The summed E-state index contributed by atoms with van der Waals surface area (Å²) >= 11 is 4.64. The molecule has 0 spiro atoms. The van der Waals surface area contributed by atoms with E-state index in [2.05, 4.69) is 36.4 Å². The molecule has 3 N–H and O–H groups in total. The number of nitrogens with zero attached hydrogens (tertiary/aromatic N) is 2. The molecule has 0 bridgehead atoms. The molecular weight excluding hydrogens is 404 g/mol. The quantitative estimate of drug-likeness (QED) is 0.335. The third-order valence-corrected chi connectivity index (χ3v) is 4.87. The highest BCUT2D eigenvalue weighted by Gasteiger charge is 2.16. The number of halogens is 1. The minimum Gasteiger partial charge on any atom is -0.507 e. The number of hydrogen-bond donors (Lipinski definition) is 3. The lowest BCUT2D eigenvalue weighted by atomic mass is 10.2. The van der Waals surface area contributed by atoms with Crippen molar-refractivity contribution in [1.29, 1.82) is 0 Å². The number of aromatic hydroxyl groups is 1. The van der Waals surface area contributed by atoms with Gasteiger partial charge in [0.15, 0.2) is 5.16 Å². The number of nitrogens with one attached hydrogen (secondary N) is 2. The van der Waals surface area contributed by atoms with Crippen LogP contribution in [0.15, 0.2) is 57.2 Å². The molecule has 1 amide bonds. The fourth-order valence-corrected chi connectivity index (χ4v) is 3.28. The Hall–Kier alpha value is -2.32. The minimum atomic E-state index is -0.381. The molecule has 2 aromatic carbocycles. The number of fused-ring (bicyclic) bond motifs is 1. The lowest BCUT2D eigenvalue weighted by Crippen LogP contribution is -2.26. The molecule has 1 atom stereocenters. The van der Waals surface area contributed by atoms with Gasteiger partial charge in [-0.3, -0.25) is 4.79 Å². The summed E-state index contributed by atoms with van der Waals surface area (Å²) in [5.41, 5.74) is 4.77. The number of carbonyl (C=O) groups excluding carboxylic acids is 1. The second kappa shape index (κ2) is 7.71. The summed E-state index contributed by atoms with van der Waals surface area (Å²) < 4.78 is 0.812. The highest BCUT2D eigenvalue weighted by molar-refractivity contribution is 9.10. The summed E-state index contributed by atoms with van der Waals surface area (Å²) in [7, 11) is 0. The molecule has 0 saturated carbocycles. The van der Waals surface area contributed by atoms with Crippen LogP contribution >= 0.6 is 27.7 Å². The third-order valence-electron chi connectivity index (χ3n) is 3.39. The predicted molar refractivity (Wildman–Crippen MR) is 103 cm³/mol. The Morgan fingerprint density at radius 3 is 3.00 bits per heavy atom. The van der Waals surface area contributed by atoms with Gasteiger partial charge in [-0.1, -0.05) is 39.8 Å². The summed E-state index contributed by atoms with van der Waals surface area (Å²) in [4.78, 5) is 19.8. The molecule has 128 valence electrons. The molecule has 6 nitrogen and oxygen atoms in total. The molecule has 0 aliphatic rings. The van der Waals surface area contributed by atoms with E-state index in [1.807, 2.05) is 24.3 Å². The Bertz CT molecular complexity index is 908. The number of benzene rings is 2. The van der Waals surface area contributed by atoms with Gasteiger partial charge in [0.1, 0.15) is 5.75 Å². The van der Waals surface area contributed by atoms with Crippen LogP contribution in [0.4, 0.5) is 0 Å². The van der Waals surface area contributed by atoms with Crippen LogP contribution in [0.2, 0.25) is 0 Å². The summed E-state index contributed by atoms with van der Waals surface area (Å²) in [6, 6.07) is 12.7. The van der Waals surface area contributed by atoms with Gasteiger partial charge in [-0.2, -0.15) is 5.10 Å². The number of hydrazone groups is 1. The van der Waals surface area contributed by atoms with Crippen LogP contribution in [-0.2, 0) is 4.79 Å². The number of carbonyl (C=O) groups is 1. The van der Waals surface area contributed by atoms with E-state index in [1.54, 1.807) is 25.1 Å². The Kier molecular flexibility index (Phi) is 5.40. The van der Waals surface area contributed by atoms with Crippen LogP contribution in [-0.4, -0.2) is 32.4 Å². The van der Waals surface area contributed by atoms with Crippen LogP contribution in [0.1, 0.15) is 12.5 Å². The Morgan fingerprint density at radius 2 is 2.20 bits per heavy atom. The maximum Gasteiger partial charge on any atom is 0.253 e. The number of hydrogen-bond acceptors (Lipinski definition) is 5. The second-order valence-corrected chi connectivity index (χ2v) is 7.50. The van der Waals surface area contributed by atoms with Gasteiger partial charge < -0.3 is 10.1 Å². The number of phenols is 1. The Morgan fingerprint density at radius 1 is 1.40 bits per heavy atom. The third kappa shape index (κ3) is 4.40. The van der Waals surface area contributed by atoms with Crippen molar-refractivity contribution in [2.45, 2.75) is 17.3 Å². The smallest absolute Gasteiger partial charge is 0.253 e. The summed E-state index contributed by atoms with van der Waals surface area (Å²) in [5.74, 6) is -0.165. The summed E-state index contributed by atoms with van der Waals surface area (Å²) in [6.45, 7) is 1.78. The zero-order valence-corrected chi connectivity index (χ0v) is 15.6. The summed E-state index contributed by atoms with van der Waals surface area (Å²) in [6.07, 6.45) is 1.40. The number of rotatable bonds is 5. The monoisotopic (exact) mass is 418 g/mol. The van der Waals surface area contributed by atoms with Crippen molar-refractivity contribution < 1.29 is 9.90 Å². The maximum absolute atomic E-state index is 12.1. The van der Waals surface area contributed by atoms with Gasteiger partial charge in [0.2, 0.25) is 0 Å². The molecule has 0 saturated heterocycles. The number of amides is 1. The minimum absolute atomic E-state index is 0.0888. The molecule has 1 aromatic heterocycles. The normalized spacial score (nSPS) is 12.6. The van der Waals surface area contributed by atoms with Crippen molar-refractivity contribution in [2.75, 3.05) is 0 Å². The zero-order chi connectivity index (χ0) is 17.8. The first-order valence-corrected chi connectivity index (χ1v) is 9.13. The lowest BCUT2D eigenvalue weighted by molar-refractivity contribution is -0.120. The molecule has 0 unspecified atom stereocenters. The number of H-pyrrole nitrogens is 1. The number of para-hydroxylation sites is 2. The van der Waals surface area contributed by atoms with Gasteiger partial charge in [-0.05, 0) is 37.3 Å². The van der Waals surface area contributed by atoms with Crippen LogP contribution in [0, 0.1) is 0 Å². The van der Waals surface area contributed by atoms with Crippen molar-refractivity contribution in [3.8, 4) is 5.75 Å². The van der Waals surface area contributed by atoms with Gasteiger partial charge in [-0.25, -0.2) is 10.4 Å². The molecule has 25 heavy (non-hydrogen) atoms. The predicted octanol–water partition coefficient (Wildman–Crippen LogP) is 3.66. The summed E-state index contributed by atoms with van der Waals surface area (Å²) in [5, 5.41) is 13.9. The van der Waals surface area contributed by atoms with E-state index in [4.69, 9.17) is 0 Å². The fraction of sp³-hybridized carbons (Fsp3) is 0.118. The van der Waals surface area contributed by atoms with E-state index in [-0.39, 0.29) is 16.9 Å². The highest BCUT2D eigenvalue weighted by Crippen LogP contribution is 2.23. The van der Waals surface area contributed by atoms with Crippen molar-refractivity contribution in [3.63, 3.8) is 0 Å². The van der Waals surface area contributed by atoms with Gasteiger partial charge in [0.25, 0.3) is 5.91 Å². The van der Waals surface area contributed by atoms with Crippen molar-refractivity contribution >= 4 is 50.8 Å². The van der Waals surface area contributed by atoms with Crippen LogP contribution in [0.25, 0.3) is 11.0 Å². The first-order chi connectivity index (χ1) is 12.0. The number of aromatic nitrogens is 2. The van der Waals surface area contributed by atoms with E-state index in [0.29, 0.717) is 10.7 Å². The first-order valence-electron chi connectivity index (χ1n) is 7.46.